The first-order chi connectivity index (χ1) is 16.3. The molecule has 2 aromatic carbocycles. The number of benzene rings is 2. The third kappa shape index (κ3) is 5.34. The molecule has 1 heterocycles. The van der Waals surface area contributed by atoms with Gasteiger partial charge in [-0.25, -0.2) is 9.18 Å². The van der Waals surface area contributed by atoms with Crippen LogP contribution in [0.25, 0.3) is 0 Å². The molecule has 10 heteroatoms. The van der Waals surface area contributed by atoms with Crippen LogP contribution in [-0.2, 0) is 4.74 Å². The largest absolute Gasteiger partial charge is 0.497 e. The Morgan fingerprint density at radius 1 is 1.00 bits per heavy atom. The minimum atomic E-state index is -0.691. The maximum atomic E-state index is 13.5. The zero-order chi connectivity index (χ0) is 24.8. The van der Waals surface area contributed by atoms with Gasteiger partial charge in [-0.1, -0.05) is 6.07 Å². The Morgan fingerprint density at radius 2 is 1.76 bits per heavy atom. The zero-order valence-electron chi connectivity index (χ0n) is 19.0. The average Bonchev–Trinajstić information content (AvgIpc) is 3.14. The van der Waals surface area contributed by atoms with Crippen LogP contribution in [0.2, 0.25) is 0 Å². The molecule has 8 nitrogen and oxygen atoms in total. The van der Waals surface area contributed by atoms with Crippen molar-refractivity contribution >= 4 is 39.8 Å². The van der Waals surface area contributed by atoms with Gasteiger partial charge in [-0.15, -0.1) is 11.3 Å². The van der Waals surface area contributed by atoms with Crippen LogP contribution >= 0.6 is 11.3 Å². The van der Waals surface area contributed by atoms with E-state index < -0.39 is 23.6 Å². The van der Waals surface area contributed by atoms with E-state index in [0.717, 1.165) is 17.4 Å². The fourth-order valence-corrected chi connectivity index (χ4v) is 4.25. The predicted molar refractivity (Wildman–Crippen MR) is 127 cm³/mol. The molecule has 0 radical (unpaired) electrons. The second-order valence-corrected chi connectivity index (χ2v) is 7.99. The molecule has 178 valence electrons. The fourth-order valence-electron chi connectivity index (χ4n) is 3.16. The molecule has 0 aliphatic heterocycles. The highest BCUT2D eigenvalue weighted by molar-refractivity contribution is 7.19. The number of ether oxygens (including phenoxy) is 3. The van der Waals surface area contributed by atoms with Crippen molar-refractivity contribution in [1.29, 1.82) is 0 Å². The average molecular weight is 487 g/mol. The lowest BCUT2D eigenvalue weighted by atomic mass is 10.1. The number of halogens is 1. The highest BCUT2D eigenvalue weighted by atomic mass is 32.1. The van der Waals surface area contributed by atoms with Crippen LogP contribution in [0.3, 0.4) is 0 Å². The van der Waals surface area contributed by atoms with Crippen molar-refractivity contribution < 1.29 is 33.0 Å². The van der Waals surface area contributed by atoms with E-state index in [1.54, 1.807) is 32.0 Å². The van der Waals surface area contributed by atoms with Gasteiger partial charge in [0.25, 0.3) is 11.8 Å². The molecule has 34 heavy (non-hydrogen) atoms. The Balaban J connectivity index is 1.98. The number of thiophene rings is 1. The van der Waals surface area contributed by atoms with E-state index in [2.05, 4.69) is 10.6 Å². The number of esters is 1. The summed E-state index contributed by atoms with van der Waals surface area (Å²) >= 11 is 0.908. The van der Waals surface area contributed by atoms with E-state index >= 15 is 0 Å². The first kappa shape index (κ1) is 24.7. The van der Waals surface area contributed by atoms with Crippen molar-refractivity contribution in [2.75, 3.05) is 31.5 Å². The molecule has 2 amide bonds. The van der Waals surface area contributed by atoms with E-state index in [0.29, 0.717) is 22.7 Å². The molecule has 0 saturated heterocycles. The quantitative estimate of drug-likeness (QED) is 0.440. The van der Waals surface area contributed by atoms with Gasteiger partial charge in [-0.2, -0.15) is 0 Å². The summed E-state index contributed by atoms with van der Waals surface area (Å²) in [6, 6.07) is 10.0. The number of carbonyl (C=O) groups is 3. The van der Waals surface area contributed by atoms with Crippen LogP contribution in [0.4, 0.5) is 15.1 Å². The third-order valence-corrected chi connectivity index (χ3v) is 6.01. The lowest BCUT2D eigenvalue weighted by Crippen LogP contribution is -2.15. The summed E-state index contributed by atoms with van der Waals surface area (Å²) < 4.78 is 29.2. The van der Waals surface area contributed by atoms with E-state index in [9.17, 15) is 18.8 Å². The normalized spacial score (nSPS) is 10.4. The van der Waals surface area contributed by atoms with Crippen molar-refractivity contribution in [3.8, 4) is 11.5 Å². The maximum Gasteiger partial charge on any atom is 0.341 e. The number of hydrogen-bond acceptors (Lipinski definition) is 7. The number of carbonyl (C=O) groups excluding carboxylic acids is 3. The Kier molecular flexibility index (Phi) is 7.85. The summed E-state index contributed by atoms with van der Waals surface area (Å²) in [5.41, 5.74) is 0.812. The van der Waals surface area contributed by atoms with E-state index in [4.69, 9.17) is 14.2 Å². The molecule has 1 aromatic heterocycles. The maximum absolute atomic E-state index is 13.5. The van der Waals surface area contributed by atoms with Crippen molar-refractivity contribution in [1.82, 2.24) is 0 Å². The minimum absolute atomic E-state index is 0.0550. The molecule has 3 rings (SSSR count). The Morgan fingerprint density at radius 3 is 2.41 bits per heavy atom. The number of anilines is 2. The van der Waals surface area contributed by atoms with Gasteiger partial charge in [-0.05, 0) is 49.7 Å². The molecule has 0 spiro atoms. The van der Waals surface area contributed by atoms with Crippen LogP contribution in [-0.4, -0.2) is 38.6 Å². The number of hydrogen-bond donors (Lipinski definition) is 2. The Labute approximate surface area is 199 Å². The Bertz CT molecular complexity index is 1240. The van der Waals surface area contributed by atoms with Crippen molar-refractivity contribution in [3.63, 3.8) is 0 Å². The van der Waals surface area contributed by atoms with Crippen molar-refractivity contribution in [3.05, 3.63) is 69.8 Å². The number of rotatable bonds is 8. The second kappa shape index (κ2) is 10.8. The van der Waals surface area contributed by atoms with Gasteiger partial charge in [0.1, 0.15) is 22.3 Å². The number of amides is 2. The topological polar surface area (TPSA) is 103 Å². The molecular formula is C24H23FN2O6S. The third-order valence-electron chi connectivity index (χ3n) is 4.80. The fraction of sp³-hybridized carbons (Fsp3) is 0.208. The first-order valence-corrected chi connectivity index (χ1v) is 11.0. The van der Waals surface area contributed by atoms with Gasteiger partial charge in [-0.3, -0.25) is 9.59 Å². The van der Waals surface area contributed by atoms with Crippen molar-refractivity contribution in [2.45, 2.75) is 13.8 Å². The number of nitrogens with one attached hydrogen (secondary N) is 2. The standard InChI is InChI=1S/C24H23FN2O6S/c1-5-33-24(30)19-13(2)20(22(29)26-17-12-16(31-3)9-10-18(17)32-4)34-23(19)27-21(28)14-7-6-8-15(25)11-14/h6-12H,5H2,1-4H3,(H,26,29)(H,27,28). The summed E-state index contributed by atoms with van der Waals surface area (Å²) in [6.07, 6.45) is 0. The summed E-state index contributed by atoms with van der Waals surface area (Å²) in [4.78, 5) is 38.6. The molecule has 0 saturated carbocycles. The molecular weight excluding hydrogens is 463 g/mol. The van der Waals surface area contributed by atoms with Gasteiger partial charge < -0.3 is 24.8 Å². The van der Waals surface area contributed by atoms with Crippen LogP contribution in [0.1, 0.15) is 42.9 Å². The van der Waals surface area contributed by atoms with Gasteiger partial charge in [0.15, 0.2) is 0 Å². The molecule has 0 bridgehead atoms. The molecule has 2 N–H and O–H groups in total. The summed E-state index contributed by atoms with van der Waals surface area (Å²) in [7, 11) is 2.96. The second-order valence-electron chi connectivity index (χ2n) is 6.97. The van der Waals surface area contributed by atoms with Crippen LogP contribution in [0, 0.1) is 12.7 Å². The monoisotopic (exact) mass is 486 g/mol. The van der Waals surface area contributed by atoms with Crippen LogP contribution in [0.5, 0.6) is 11.5 Å². The SMILES string of the molecule is CCOC(=O)c1c(NC(=O)c2cccc(F)c2)sc(C(=O)Nc2cc(OC)ccc2OC)c1C. The van der Waals surface area contributed by atoms with Crippen LogP contribution < -0.4 is 20.1 Å². The lowest BCUT2D eigenvalue weighted by molar-refractivity contribution is 0.0527. The highest BCUT2D eigenvalue weighted by Gasteiger charge is 2.27. The number of methoxy groups -OCH3 is 2. The Hall–Kier alpha value is -3.92. The summed E-state index contributed by atoms with van der Waals surface area (Å²) in [6.45, 7) is 3.33. The van der Waals surface area contributed by atoms with Crippen molar-refractivity contribution in [2.24, 2.45) is 0 Å². The molecule has 0 fully saturated rings. The van der Waals surface area contributed by atoms with E-state index in [1.807, 2.05) is 0 Å². The summed E-state index contributed by atoms with van der Waals surface area (Å²) in [5, 5.41) is 5.47. The van der Waals surface area contributed by atoms with Gasteiger partial charge in [0.05, 0.1) is 37.0 Å². The van der Waals surface area contributed by atoms with E-state index in [1.165, 1.54) is 32.4 Å². The summed E-state index contributed by atoms with van der Waals surface area (Å²) in [5.74, 6) is -1.50. The lowest BCUT2D eigenvalue weighted by Gasteiger charge is -2.11. The predicted octanol–water partition coefficient (Wildman–Crippen LogP) is 4.89. The first-order valence-electron chi connectivity index (χ1n) is 10.2. The molecule has 3 aromatic rings. The molecule has 0 atom stereocenters. The molecule has 0 aliphatic rings. The highest BCUT2D eigenvalue weighted by Crippen LogP contribution is 2.36. The molecule has 0 aliphatic carbocycles. The van der Waals surface area contributed by atoms with Gasteiger partial charge >= 0.3 is 5.97 Å². The zero-order valence-corrected chi connectivity index (χ0v) is 19.8. The molecule has 0 unspecified atom stereocenters. The van der Waals surface area contributed by atoms with Gasteiger partial charge in [0, 0.05) is 11.6 Å². The van der Waals surface area contributed by atoms with E-state index in [-0.39, 0.29) is 27.6 Å². The van der Waals surface area contributed by atoms with Gasteiger partial charge in [0.2, 0.25) is 0 Å². The van der Waals surface area contributed by atoms with Crippen LogP contribution in [0.15, 0.2) is 42.5 Å². The smallest absolute Gasteiger partial charge is 0.341 e. The minimum Gasteiger partial charge on any atom is -0.497 e.